The van der Waals surface area contributed by atoms with Gasteiger partial charge >= 0.3 is 0 Å². The van der Waals surface area contributed by atoms with Crippen LogP contribution in [0.4, 0.5) is 0 Å². The van der Waals surface area contributed by atoms with E-state index in [1.165, 1.54) is 12.1 Å². The summed E-state index contributed by atoms with van der Waals surface area (Å²) in [5.74, 6) is -0.492. The number of hydrogen-bond acceptors (Lipinski definition) is 3. The fourth-order valence-corrected chi connectivity index (χ4v) is 3.49. The molecule has 1 aliphatic heterocycles. The van der Waals surface area contributed by atoms with Crippen molar-refractivity contribution in [2.45, 2.75) is 39.0 Å². The summed E-state index contributed by atoms with van der Waals surface area (Å²) in [6.07, 6.45) is -4.73. The van der Waals surface area contributed by atoms with Crippen molar-refractivity contribution in [1.82, 2.24) is 9.55 Å². The van der Waals surface area contributed by atoms with E-state index in [4.69, 9.17) is 6.85 Å². The Morgan fingerprint density at radius 3 is 2.77 bits per heavy atom. The van der Waals surface area contributed by atoms with E-state index in [9.17, 15) is 9.90 Å². The smallest absolute Gasteiger partial charge is 0.211 e. The molecule has 0 fully saturated rings. The minimum absolute atomic E-state index is 0.0463. The molecular formula is C16H16Br2N2O2. The highest BCUT2D eigenvalue weighted by Gasteiger charge is 2.25. The Kier molecular flexibility index (Phi) is 2.97. The van der Waals surface area contributed by atoms with Crippen LogP contribution in [-0.4, -0.2) is 20.4 Å². The van der Waals surface area contributed by atoms with Crippen LogP contribution >= 0.6 is 31.9 Å². The predicted molar refractivity (Wildman–Crippen MR) is 91.5 cm³/mol. The lowest BCUT2D eigenvalue weighted by atomic mass is 10.0. The second kappa shape index (κ2) is 6.16. The second-order valence-electron chi connectivity index (χ2n) is 4.74. The summed E-state index contributed by atoms with van der Waals surface area (Å²) in [6, 6.07) is 2.87. The summed E-state index contributed by atoms with van der Waals surface area (Å²) in [4.78, 5) is 17.5. The van der Waals surface area contributed by atoms with Crippen LogP contribution in [0.15, 0.2) is 21.1 Å². The standard InChI is InChI=1S/C16H16Br2N2O2/c1-2-12-14(20-6-4-3-5-13(20)19-12)15(21)9-7-10(17)16(22)11(18)8-9/h7-8,22H,2-6H2,1H3/i3D,4D2,5D,6D. The number of imidazole rings is 1. The number of fused-ring (bicyclic) bond motifs is 1. The molecule has 1 N–H and O–H groups in total. The molecule has 1 aromatic heterocycles. The van der Waals surface area contributed by atoms with Crippen LogP contribution in [0.25, 0.3) is 0 Å². The number of carbonyl (C=O) groups is 1. The van der Waals surface area contributed by atoms with E-state index in [1.54, 1.807) is 6.92 Å². The maximum atomic E-state index is 13.2. The minimum atomic E-state index is -2.31. The Bertz CT molecular complexity index is 911. The van der Waals surface area contributed by atoms with E-state index in [2.05, 4.69) is 36.8 Å². The Balaban J connectivity index is 2.23. The Hall–Kier alpha value is -1.14. The number of aromatic nitrogens is 2. The summed E-state index contributed by atoms with van der Waals surface area (Å²) in [6.45, 7) is 0.214. The molecular weight excluding hydrogens is 412 g/mol. The third kappa shape index (κ3) is 2.63. The number of phenols is 1. The van der Waals surface area contributed by atoms with Crippen LogP contribution in [-0.2, 0) is 19.3 Å². The van der Waals surface area contributed by atoms with Crippen molar-refractivity contribution in [1.29, 1.82) is 0 Å². The van der Waals surface area contributed by atoms with Gasteiger partial charge in [-0.3, -0.25) is 4.79 Å². The van der Waals surface area contributed by atoms with Crippen LogP contribution in [0.3, 0.4) is 0 Å². The first-order valence-corrected chi connectivity index (χ1v) is 8.21. The number of rotatable bonds is 3. The Morgan fingerprint density at radius 1 is 1.45 bits per heavy atom. The largest absolute Gasteiger partial charge is 0.506 e. The van der Waals surface area contributed by atoms with E-state index in [1.807, 2.05) is 0 Å². The molecule has 6 heteroatoms. The van der Waals surface area contributed by atoms with Crippen LogP contribution in [0, 0.1) is 0 Å². The van der Waals surface area contributed by atoms with Gasteiger partial charge in [0.05, 0.1) is 14.6 Å². The molecule has 1 aromatic carbocycles. The lowest BCUT2D eigenvalue weighted by Gasteiger charge is -2.16. The highest BCUT2D eigenvalue weighted by Crippen LogP contribution is 2.34. The molecule has 0 amide bonds. The zero-order valence-electron chi connectivity index (χ0n) is 16.6. The first kappa shape index (κ1) is 10.6. The van der Waals surface area contributed by atoms with Crippen LogP contribution in [0.2, 0.25) is 0 Å². The van der Waals surface area contributed by atoms with Crippen molar-refractivity contribution in [2.75, 3.05) is 0 Å². The molecule has 22 heavy (non-hydrogen) atoms. The second-order valence-corrected chi connectivity index (χ2v) is 6.44. The van der Waals surface area contributed by atoms with Crippen molar-refractivity contribution in [2.24, 2.45) is 0 Å². The van der Waals surface area contributed by atoms with Crippen molar-refractivity contribution in [3.8, 4) is 5.75 Å². The monoisotopic (exact) mass is 431 g/mol. The first-order chi connectivity index (χ1) is 12.5. The van der Waals surface area contributed by atoms with E-state index in [0.717, 1.165) is 4.57 Å². The van der Waals surface area contributed by atoms with Crippen molar-refractivity contribution in [3.63, 3.8) is 0 Å². The summed E-state index contributed by atoms with van der Waals surface area (Å²) in [7, 11) is 0. The lowest BCUT2D eigenvalue weighted by Crippen LogP contribution is -2.17. The fourth-order valence-electron chi connectivity index (χ4n) is 2.31. The van der Waals surface area contributed by atoms with Crippen molar-refractivity contribution < 1.29 is 16.8 Å². The molecule has 1 aliphatic rings. The van der Waals surface area contributed by atoms with Crippen LogP contribution in [0.1, 0.15) is 54.1 Å². The number of benzene rings is 1. The van der Waals surface area contributed by atoms with Crippen molar-refractivity contribution in [3.05, 3.63) is 43.9 Å². The molecule has 3 rings (SSSR count). The SMILES string of the molecule is [2H]C1c2nc(CC)c(C(=O)c3cc(Br)c(O)c(Br)c3)n2C([2H])C([2H])([2H])C1[2H]. The quantitative estimate of drug-likeness (QED) is 0.737. The first-order valence-electron chi connectivity index (χ1n) is 9.36. The van der Waals surface area contributed by atoms with Gasteiger partial charge in [-0.05, 0) is 63.2 Å². The summed E-state index contributed by atoms with van der Waals surface area (Å²) >= 11 is 6.36. The number of aromatic hydroxyl groups is 1. The topological polar surface area (TPSA) is 55.1 Å². The Labute approximate surface area is 152 Å². The third-order valence-electron chi connectivity index (χ3n) is 3.37. The van der Waals surface area contributed by atoms with E-state index >= 15 is 0 Å². The van der Waals surface area contributed by atoms with Gasteiger partial charge < -0.3 is 9.67 Å². The van der Waals surface area contributed by atoms with Crippen molar-refractivity contribution >= 4 is 37.6 Å². The molecule has 2 heterocycles. The molecule has 4 nitrogen and oxygen atoms in total. The van der Waals surface area contributed by atoms with Gasteiger partial charge in [0.25, 0.3) is 0 Å². The molecule has 0 spiro atoms. The van der Waals surface area contributed by atoms with Gasteiger partial charge in [0.2, 0.25) is 5.78 Å². The number of nitrogens with zero attached hydrogens (tertiary/aromatic N) is 2. The molecule has 0 radical (unpaired) electrons. The van der Waals surface area contributed by atoms with E-state index in [0.29, 0.717) is 21.1 Å². The number of hydrogen-bond donors (Lipinski definition) is 1. The maximum absolute atomic E-state index is 13.2. The molecule has 116 valence electrons. The fraction of sp³-hybridized carbons (Fsp3) is 0.375. The average molecular weight is 433 g/mol. The van der Waals surface area contributed by atoms with Crippen LogP contribution < -0.4 is 0 Å². The Morgan fingerprint density at radius 2 is 2.14 bits per heavy atom. The molecule has 0 bridgehead atoms. The van der Waals surface area contributed by atoms with Gasteiger partial charge in [-0.25, -0.2) is 4.98 Å². The van der Waals surface area contributed by atoms with Gasteiger partial charge in [0.15, 0.2) is 0 Å². The minimum Gasteiger partial charge on any atom is -0.506 e. The van der Waals surface area contributed by atoms with E-state index < -0.39 is 31.5 Å². The molecule has 0 saturated heterocycles. The highest BCUT2D eigenvalue weighted by atomic mass is 79.9. The molecule has 0 aliphatic carbocycles. The summed E-state index contributed by atoms with van der Waals surface area (Å²) in [5.41, 5.74) is 0.617. The number of phenolic OH excluding ortho intramolecular Hbond substituents is 1. The summed E-state index contributed by atoms with van der Waals surface area (Å²) < 4.78 is 42.4. The maximum Gasteiger partial charge on any atom is 0.211 e. The number of ketones is 1. The molecule has 3 atom stereocenters. The summed E-state index contributed by atoms with van der Waals surface area (Å²) in [5, 5.41) is 9.86. The highest BCUT2D eigenvalue weighted by molar-refractivity contribution is 9.11. The van der Waals surface area contributed by atoms with Crippen LogP contribution in [0.5, 0.6) is 5.75 Å². The van der Waals surface area contributed by atoms with E-state index in [-0.39, 0.29) is 22.8 Å². The molecule has 2 aromatic rings. The van der Waals surface area contributed by atoms with Gasteiger partial charge in [-0.15, -0.1) is 0 Å². The van der Waals surface area contributed by atoms with Gasteiger partial charge in [0.1, 0.15) is 17.3 Å². The zero-order chi connectivity index (χ0) is 20.3. The molecule has 0 saturated carbocycles. The van der Waals surface area contributed by atoms with Gasteiger partial charge in [0, 0.05) is 25.3 Å². The molecule has 3 unspecified atom stereocenters. The normalized spacial score (nSPS) is 29.6. The zero-order valence-corrected chi connectivity index (χ0v) is 14.8. The number of carbonyl (C=O) groups excluding carboxylic acids is 1. The van der Waals surface area contributed by atoms with Gasteiger partial charge in [-0.2, -0.15) is 0 Å². The lowest BCUT2D eigenvalue weighted by molar-refractivity contribution is 0.102. The number of aryl methyl sites for hydroxylation is 2. The average Bonchev–Trinajstić information content (AvgIpc) is 3.01. The van der Waals surface area contributed by atoms with Gasteiger partial charge in [-0.1, -0.05) is 6.92 Å². The third-order valence-corrected chi connectivity index (χ3v) is 4.58. The number of halogens is 2. The predicted octanol–water partition coefficient (Wildman–Crippen LogP) is 4.24.